The minimum atomic E-state index is -0.372. The van der Waals surface area contributed by atoms with E-state index in [1.807, 2.05) is 11.8 Å². The van der Waals surface area contributed by atoms with Crippen molar-refractivity contribution in [3.8, 4) is 0 Å². The predicted octanol–water partition coefficient (Wildman–Crippen LogP) is 0.908. The van der Waals surface area contributed by atoms with E-state index in [0.29, 0.717) is 18.8 Å². The largest absolute Gasteiger partial charge is 0.355 e. The molecule has 0 radical (unpaired) electrons. The highest BCUT2D eigenvalue weighted by Crippen LogP contribution is 2.09. The topological polar surface area (TPSA) is 64.7 Å². The van der Waals surface area contributed by atoms with E-state index in [9.17, 15) is 14.0 Å². The van der Waals surface area contributed by atoms with Gasteiger partial charge >= 0.3 is 0 Å². The second-order valence-electron chi connectivity index (χ2n) is 5.96. The zero-order chi connectivity index (χ0) is 17.4. The molecule has 0 spiro atoms. The normalized spacial score (nSPS) is 15.9. The molecule has 1 heterocycles. The molecule has 0 aliphatic carbocycles. The molecule has 0 saturated carbocycles. The Hall–Kier alpha value is -1.99. The lowest BCUT2D eigenvalue weighted by Crippen LogP contribution is -2.51. The van der Waals surface area contributed by atoms with Gasteiger partial charge in [-0.25, -0.2) is 4.39 Å². The Balaban J connectivity index is 1.69. The van der Waals surface area contributed by atoms with Crippen molar-refractivity contribution in [3.05, 3.63) is 30.1 Å². The fraction of sp³-hybridized carbons (Fsp3) is 0.529. The summed E-state index contributed by atoms with van der Waals surface area (Å²) >= 11 is 0. The van der Waals surface area contributed by atoms with Crippen LogP contribution in [-0.4, -0.2) is 67.4 Å². The van der Waals surface area contributed by atoms with Crippen LogP contribution in [0, 0.1) is 5.82 Å². The van der Waals surface area contributed by atoms with Crippen molar-refractivity contribution in [2.24, 2.45) is 0 Å². The van der Waals surface area contributed by atoms with Crippen LogP contribution < -0.4 is 10.6 Å². The van der Waals surface area contributed by atoms with Gasteiger partial charge in [0.1, 0.15) is 5.82 Å². The maximum absolute atomic E-state index is 13.1. The maximum Gasteiger partial charge on any atom is 0.238 e. The van der Waals surface area contributed by atoms with Crippen molar-refractivity contribution in [1.29, 1.82) is 0 Å². The number of hydrogen-bond acceptors (Lipinski definition) is 4. The molecule has 1 aliphatic rings. The van der Waals surface area contributed by atoms with Crippen molar-refractivity contribution in [3.63, 3.8) is 0 Å². The molecule has 1 aromatic carbocycles. The zero-order valence-electron chi connectivity index (χ0n) is 14.1. The number of benzene rings is 1. The lowest BCUT2D eigenvalue weighted by Gasteiger charge is -2.33. The summed E-state index contributed by atoms with van der Waals surface area (Å²) < 4.78 is 13.1. The third kappa shape index (κ3) is 6.25. The standard InChI is InChI=1S/C17H25FN4O2/c1-2-6-19-16(23)12-21-7-9-22(10-8-21)13-17(24)20-15-5-3-4-14(18)11-15/h3-5,11H,2,6-10,12-13H2,1H3,(H,19,23)(H,20,24). The third-order valence-corrected chi connectivity index (χ3v) is 3.88. The molecule has 132 valence electrons. The first kappa shape index (κ1) is 18.4. The van der Waals surface area contributed by atoms with Gasteiger partial charge in [0.15, 0.2) is 0 Å². The average molecular weight is 336 g/mol. The molecule has 24 heavy (non-hydrogen) atoms. The first-order valence-electron chi connectivity index (χ1n) is 8.33. The first-order valence-corrected chi connectivity index (χ1v) is 8.33. The molecule has 1 fully saturated rings. The number of piperazine rings is 1. The van der Waals surface area contributed by atoms with Gasteiger partial charge in [-0.1, -0.05) is 13.0 Å². The maximum atomic E-state index is 13.1. The third-order valence-electron chi connectivity index (χ3n) is 3.88. The Morgan fingerprint density at radius 3 is 2.29 bits per heavy atom. The molecule has 1 saturated heterocycles. The molecule has 0 unspecified atom stereocenters. The Bertz CT molecular complexity index is 559. The van der Waals surface area contributed by atoms with E-state index < -0.39 is 0 Å². The van der Waals surface area contributed by atoms with Crippen LogP contribution in [0.3, 0.4) is 0 Å². The zero-order valence-corrected chi connectivity index (χ0v) is 14.1. The Morgan fingerprint density at radius 1 is 1.08 bits per heavy atom. The molecule has 1 aliphatic heterocycles. The second-order valence-corrected chi connectivity index (χ2v) is 5.96. The number of carbonyl (C=O) groups excluding carboxylic acids is 2. The fourth-order valence-electron chi connectivity index (χ4n) is 2.60. The molecule has 7 heteroatoms. The van der Waals surface area contributed by atoms with Gasteiger partial charge in [0.05, 0.1) is 13.1 Å². The van der Waals surface area contributed by atoms with Crippen LogP contribution in [0.1, 0.15) is 13.3 Å². The number of halogens is 1. The number of carbonyl (C=O) groups is 2. The highest BCUT2D eigenvalue weighted by molar-refractivity contribution is 5.92. The lowest BCUT2D eigenvalue weighted by molar-refractivity contribution is -0.123. The smallest absolute Gasteiger partial charge is 0.238 e. The lowest BCUT2D eigenvalue weighted by atomic mass is 10.3. The minimum absolute atomic E-state index is 0.0501. The van der Waals surface area contributed by atoms with Gasteiger partial charge < -0.3 is 10.6 Å². The van der Waals surface area contributed by atoms with Crippen LogP contribution in [-0.2, 0) is 9.59 Å². The number of nitrogens with one attached hydrogen (secondary N) is 2. The van der Waals surface area contributed by atoms with Gasteiger partial charge in [0.25, 0.3) is 0 Å². The molecule has 0 atom stereocenters. The molecule has 0 aromatic heterocycles. The van der Waals surface area contributed by atoms with Crippen LogP contribution in [0.2, 0.25) is 0 Å². The summed E-state index contributed by atoms with van der Waals surface area (Å²) in [5, 5.41) is 5.56. The van der Waals surface area contributed by atoms with Crippen LogP contribution in [0.25, 0.3) is 0 Å². The number of amides is 2. The average Bonchev–Trinajstić information content (AvgIpc) is 2.54. The van der Waals surface area contributed by atoms with E-state index in [0.717, 1.165) is 32.6 Å². The quantitative estimate of drug-likeness (QED) is 0.777. The first-order chi connectivity index (χ1) is 11.6. The van der Waals surface area contributed by atoms with Crippen molar-refractivity contribution in [1.82, 2.24) is 15.1 Å². The van der Waals surface area contributed by atoms with E-state index >= 15 is 0 Å². The van der Waals surface area contributed by atoms with Gasteiger partial charge in [-0.15, -0.1) is 0 Å². The molecule has 2 N–H and O–H groups in total. The van der Waals surface area contributed by atoms with Crippen molar-refractivity contribution < 1.29 is 14.0 Å². The Morgan fingerprint density at radius 2 is 1.71 bits per heavy atom. The summed E-state index contributed by atoms with van der Waals surface area (Å²) in [6.45, 7) is 6.39. The van der Waals surface area contributed by atoms with Crippen molar-refractivity contribution in [2.75, 3.05) is 51.1 Å². The number of rotatable bonds is 7. The fourth-order valence-corrected chi connectivity index (χ4v) is 2.60. The number of hydrogen-bond donors (Lipinski definition) is 2. The van der Waals surface area contributed by atoms with Gasteiger partial charge in [0.2, 0.25) is 11.8 Å². The van der Waals surface area contributed by atoms with Crippen LogP contribution in [0.15, 0.2) is 24.3 Å². The van der Waals surface area contributed by atoms with Gasteiger partial charge in [-0.05, 0) is 24.6 Å². The summed E-state index contributed by atoms with van der Waals surface area (Å²) in [5.74, 6) is -0.480. The molecular formula is C17H25FN4O2. The summed E-state index contributed by atoms with van der Waals surface area (Å²) in [6, 6.07) is 5.86. The molecule has 2 amide bonds. The molecule has 1 aromatic rings. The summed E-state index contributed by atoms with van der Waals surface area (Å²) in [7, 11) is 0. The van der Waals surface area contributed by atoms with Crippen molar-refractivity contribution in [2.45, 2.75) is 13.3 Å². The molecule has 0 bridgehead atoms. The number of nitrogens with zero attached hydrogens (tertiary/aromatic N) is 2. The molecular weight excluding hydrogens is 311 g/mol. The summed E-state index contributed by atoms with van der Waals surface area (Å²) in [5.41, 5.74) is 0.464. The summed E-state index contributed by atoms with van der Waals surface area (Å²) in [4.78, 5) is 27.8. The highest BCUT2D eigenvalue weighted by atomic mass is 19.1. The van der Waals surface area contributed by atoms with Crippen LogP contribution in [0.5, 0.6) is 0 Å². The number of anilines is 1. The van der Waals surface area contributed by atoms with Gasteiger partial charge in [-0.2, -0.15) is 0 Å². The van der Waals surface area contributed by atoms with Crippen LogP contribution in [0.4, 0.5) is 10.1 Å². The molecule has 2 rings (SSSR count). The van der Waals surface area contributed by atoms with E-state index in [-0.39, 0.29) is 24.2 Å². The van der Waals surface area contributed by atoms with E-state index in [2.05, 4.69) is 15.5 Å². The highest BCUT2D eigenvalue weighted by Gasteiger charge is 2.20. The van der Waals surface area contributed by atoms with Crippen LogP contribution >= 0.6 is 0 Å². The minimum Gasteiger partial charge on any atom is -0.355 e. The second kappa shape index (κ2) is 9.34. The Labute approximate surface area is 142 Å². The monoisotopic (exact) mass is 336 g/mol. The summed E-state index contributed by atoms with van der Waals surface area (Å²) in [6.07, 6.45) is 0.930. The van der Waals surface area contributed by atoms with Gasteiger partial charge in [-0.3, -0.25) is 19.4 Å². The van der Waals surface area contributed by atoms with E-state index in [1.54, 1.807) is 12.1 Å². The van der Waals surface area contributed by atoms with E-state index in [4.69, 9.17) is 0 Å². The van der Waals surface area contributed by atoms with E-state index in [1.165, 1.54) is 12.1 Å². The predicted molar refractivity (Wildman–Crippen MR) is 91.2 cm³/mol. The van der Waals surface area contributed by atoms with Crippen molar-refractivity contribution >= 4 is 17.5 Å². The molecule has 6 nitrogen and oxygen atoms in total. The van der Waals surface area contributed by atoms with Gasteiger partial charge in [0, 0.05) is 38.4 Å². The Kier molecular flexibility index (Phi) is 7.14. The SMILES string of the molecule is CCCNC(=O)CN1CCN(CC(=O)Nc2cccc(F)c2)CC1.